The highest BCUT2D eigenvalue weighted by molar-refractivity contribution is 6.43. The first-order valence-corrected chi connectivity index (χ1v) is 7.44. The van der Waals surface area contributed by atoms with E-state index in [1.807, 2.05) is 0 Å². The van der Waals surface area contributed by atoms with Crippen LogP contribution in [0.3, 0.4) is 0 Å². The topological polar surface area (TPSA) is 50.7 Å². The second-order valence-corrected chi connectivity index (χ2v) is 5.55. The van der Waals surface area contributed by atoms with Crippen LogP contribution in [0.25, 0.3) is 0 Å². The summed E-state index contributed by atoms with van der Waals surface area (Å²) in [4.78, 5) is 11.6. The lowest BCUT2D eigenvalue weighted by Crippen LogP contribution is -2.24. The van der Waals surface area contributed by atoms with Crippen molar-refractivity contribution in [3.8, 4) is 5.75 Å². The van der Waals surface area contributed by atoms with Gasteiger partial charge in [0.15, 0.2) is 6.61 Å². The third kappa shape index (κ3) is 5.39. The van der Waals surface area contributed by atoms with Crippen molar-refractivity contribution in [2.45, 2.75) is 0 Å². The number of nitrogens with zero attached hydrogens (tertiary/aromatic N) is 1. The molecule has 0 saturated carbocycles. The fourth-order valence-corrected chi connectivity index (χ4v) is 2.11. The van der Waals surface area contributed by atoms with Gasteiger partial charge in [0.05, 0.1) is 21.3 Å². The maximum atomic E-state index is 12.7. The summed E-state index contributed by atoms with van der Waals surface area (Å²) in [6.45, 7) is -0.307. The zero-order chi connectivity index (χ0) is 16.8. The minimum atomic E-state index is -0.495. The van der Waals surface area contributed by atoms with Crippen LogP contribution in [-0.4, -0.2) is 18.7 Å². The normalized spacial score (nSPS) is 10.8. The molecule has 0 spiro atoms. The van der Waals surface area contributed by atoms with Gasteiger partial charge in [0.25, 0.3) is 5.91 Å². The molecule has 0 heterocycles. The van der Waals surface area contributed by atoms with Crippen molar-refractivity contribution >= 4 is 46.9 Å². The Morgan fingerprint density at radius 3 is 2.48 bits per heavy atom. The Labute approximate surface area is 146 Å². The summed E-state index contributed by atoms with van der Waals surface area (Å²) >= 11 is 17.6. The Bertz CT molecular complexity index is 736. The summed E-state index contributed by atoms with van der Waals surface area (Å²) < 4.78 is 18.0. The van der Waals surface area contributed by atoms with E-state index in [0.717, 1.165) is 0 Å². The molecule has 8 heteroatoms. The van der Waals surface area contributed by atoms with Crippen molar-refractivity contribution in [1.29, 1.82) is 0 Å². The average molecular weight is 376 g/mol. The van der Waals surface area contributed by atoms with Gasteiger partial charge in [-0.05, 0) is 23.8 Å². The van der Waals surface area contributed by atoms with Gasteiger partial charge < -0.3 is 4.74 Å². The molecule has 23 heavy (non-hydrogen) atoms. The third-order valence-electron chi connectivity index (χ3n) is 2.61. The monoisotopic (exact) mass is 374 g/mol. The molecule has 2 rings (SSSR count). The molecule has 2 aromatic rings. The van der Waals surface area contributed by atoms with Crippen LogP contribution in [0.2, 0.25) is 15.1 Å². The van der Waals surface area contributed by atoms with Gasteiger partial charge in [-0.25, -0.2) is 9.82 Å². The van der Waals surface area contributed by atoms with Crippen LogP contribution in [-0.2, 0) is 4.79 Å². The standard InChI is InChI=1S/C15H10Cl3FN2O2/c16-11-5-13(18)14(6-12(11)17)23-8-15(22)21-20-7-9-1-3-10(19)4-2-9/h1-7H,8H2,(H,21,22)/b20-7+. The summed E-state index contributed by atoms with van der Waals surface area (Å²) in [5, 5.41) is 4.52. The van der Waals surface area contributed by atoms with Gasteiger partial charge >= 0.3 is 0 Å². The number of hydrazone groups is 1. The van der Waals surface area contributed by atoms with E-state index in [2.05, 4.69) is 10.5 Å². The van der Waals surface area contributed by atoms with Crippen molar-refractivity contribution in [2.75, 3.05) is 6.61 Å². The lowest BCUT2D eigenvalue weighted by Gasteiger charge is -2.08. The summed E-state index contributed by atoms with van der Waals surface area (Å²) in [5.41, 5.74) is 2.91. The third-order valence-corrected chi connectivity index (χ3v) is 3.62. The first kappa shape index (κ1) is 17.5. The molecule has 120 valence electrons. The van der Waals surface area contributed by atoms with Crippen LogP contribution in [0, 0.1) is 5.82 Å². The molecule has 2 aromatic carbocycles. The molecule has 0 atom stereocenters. The predicted octanol–water partition coefficient (Wildman–Crippen LogP) is 4.32. The van der Waals surface area contributed by atoms with Gasteiger partial charge in [-0.15, -0.1) is 0 Å². The lowest BCUT2D eigenvalue weighted by atomic mass is 10.2. The molecule has 1 N–H and O–H groups in total. The Balaban J connectivity index is 1.86. The number of hydrogen-bond donors (Lipinski definition) is 1. The van der Waals surface area contributed by atoms with E-state index in [4.69, 9.17) is 39.5 Å². The Kier molecular flexibility index (Phi) is 6.21. The van der Waals surface area contributed by atoms with Gasteiger partial charge in [-0.1, -0.05) is 46.9 Å². The molecule has 0 aliphatic rings. The van der Waals surface area contributed by atoms with Crippen LogP contribution in [0.1, 0.15) is 5.56 Å². The number of amides is 1. The van der Waals surface area contributed by atoms with Crippen molar-refractivity contribution < 1.29 is 13.9 Å². The maximum absolute atomic E-state index is 12.7. The minimum absolute atomic E-state index is 0.235. The quantitative estimate of drug-likeness (QED) is 0.481. The fourth-order valence-electron chi connectivity index (χ4n) is 1.52. The Morgan fingerprint density at radius 2 is 1.78 bits per heavy atom. The van der Waals surface area contributed by atoms with Gasteiger partial charge in [0, 0.05) is 6.07 Å². The number of carbonyl (C=O) groups is 1. The zero-order valence-electron chi connectivity index (χ0n) is 11.5. The molecule has 0 saturated heterocycles. The largest absolute Gasteiger partial charge is 0.482 e. The zero-order valence-corrected chi connectivity index (χ0v) is 13.8. The number of halogens is 4. The molecule has 1 amide bonds. The molecule has 4 nitrogen and oxygen atoms in total. The molecular formula is C15H10Cl3FN2O2. The molecule has 0 bridgehead atoms. The van der Waals surface area contributed by atoms with Crippen LogP contribution in [0.4, 0.5) is 4.39 Å². The smallest absolute Gasteiger partial charge is 0.277 e. The van der Waals surface area contributed by atoms with E-state index in [1.54, 1.807) is 0 Å². The Hall–Kier alpha value is -1.82. The highest BCUT2D eigenvalue weighted by Gasteiger charge is 2.09. The fraction of sp³-hybridized carbons (Fsp3) is 0.0667. The molecule has 0 unspecified atom stereocenters. The maximum Gasteiger partial charge on any atom is 0.277 e. The van der Waals surface area contributed by atoms with Gasteiger partial charge in [0.1, 0.15) is 11.6 Å². The van der Waals surface area contributed by atoms with Crippen molar-refractivity contribution in [1.82, 2.24) is 5.43 Å². The van der Waals surface area contributed by atoms with Crippen molar-refractivity contribution in [2.24, 2.45) is 5.10 Å². The summed E-state index contributed by atoms with van der Waals surface area (Å²) in [5.74, 6) is -0.609. The first-order chi connectivity index (χ1) is 11.0. The second kappa shape index (κ2) is 8.15. The lowest BCUT2D eigenvalue weighted by molar-refractivity contribution is -0.123. The predicted molar refractivity (Wildman–Crippen MR) is 89.1 cm³/mol. The van der Waals surface area contributed by atoms with Crippen LogP contribution in [0.5, 0.6) is 5.75 Å². The second-order valence-electron chi connectivity index (χ2n) is 4.33. The SMILES string of the molecule is O=C(COc1cc(Cl)c(Cl)cc1Cl)N/N=C/c1ccc(F)cc1. The van der Waals surface area contributed by atoms with E-state index >= 15 is 0 Å². The molecule has 0 aliphatic heterocycles. The number of ether oxygens (including phenoxy) is 1. The first-order valence-electron chi connectivity index (χ1n) is 6.30. The number of rotatable bonds is 5. The van der Waals surface area contributed by atoms with Gasteiger partial charge in [0.2, 0.25) is 0 Å². The highest BCUT2D eigenvalue weighted by Crippen LogP contribution is 2.33. The molecular weight excluding hydrogens is 366 g/mol. The van der Waals surface area contributed by atoms with Crippen LogP contribution < -0.4 is 10.2 Å². The van der Waals surface area contributed by atoms with Gasteiger partial charge in [-0.3, -0.25) is 4.79 Å². The van der Waals surface area contributed by atoms with Crippen LogP contribution in [0.15, 0.2) is 41.5 Å². The number of hydrogen-bond acceptors (Lipinski definition) is 3. The summed E-state index contributed by atoms with van der Waals surface area (Å²) in [6, 6.07) is 8.47. The highest BCUT2D eigenvalue weighted by atomic mass is 35.5. The molecule has 0 aromatic heterocycles. The van der Waals surface area contributed by atoms with Crippen molar-refractivity contribution in [3.05, 3.63) is 62.8 Å². The van der Waals surface area contributed by atoms with Gasteiger partial charge in [-0.2, -0.15) is 5.10 Å². The minimum Gasteiger partial charge on any atom is -0.482 e. The van der Waals surface area contributed by atoms with E-state index in [9.17, 15) is 9.18 Å². The Morgan fingerprint density at radius 1 is 1.13 bits per heavy atom. The molecule has 0 radical (unpaired) electrons. The van der Waals surface area contributed by atoms with Crippen molar-refractivity contribution in [3.63, 3.8) is 0 Å². The average Bonchev–Trinajstić information content (AvgIpc) is 2.51. The summed E-state index contributed by atoms with van der Waals surface area (Å²) in [7, 11) is 0. The van der Waals surface area contributed by atoms with E-state index in [0.29, 0.717) is 5.56 Å². The van der Waals surface area contributed by atoms with E-state index in [-0.39, 0.29) is 33.2 Å². The van der Waals surface area contributed by atoms with E-state index in [1.165, 1.54) is 42.6 Å². The number of carbonyl (C=O) groups excluding carboxylic acids is 1. The molecule has 0 aliphatic carbocycles. The number of benzene rings is 2. The molecule has 0 fully saturated rings. The summed E-state index contributed by atoms with van der Waals surface area (Å²) in [6.07, 6.45) is 1.38. The number of nitrogens with one attached hydrogen (secondary N) is 1. The van der Waals surface area contributed by atoms with E-state index < -0.39 is 5.91 Å². The van der Waals surface area contributed by atoms with Crippen LogP contribution >= 0.6 is 34.8 Å².